The van der Waals surface area contributed by atoms with Crippen molar-refractivity contribution in [2.75, 3.05) is 6.26 Å². The second-order valence-corrected chi connectivity index (χ2v) is 8.44. The standard InChI is InChI=1S/C13H21F3N2O3S/c1-9(18-22(2,20)21)10(19)17-12-6-3-11(4-7-12,5-8-12)13(14,15)16/h9,18H,3-8H2,1-2H3,(H,17,19). The first kappa shape index (κ1) is 17.5. The number of rotatable bonds is 4. The third-order valence-corrected chi connectivity index (χ3v) is 5.80. The van der Waals surface area contributed by atoms with Crippen molar-refractivity contribution >= 4 is 15.9 Å². The van der Waals surface area contributed by atoms with Crippen LogP contribution in [0.3, 0.4) is 0 Å². The predicted molar refractivity (Wildman–Crippen MR) is 74.5 cm³/mol. The van der Waals surface area contributed by atoms with Crippen LogP contribution in [0.4, 0.5) is 13.2 Å². The predicted octanol–water partition coefficient (Wildman–Crippen LogP) is 1.70. The van der Waals surface area contributed by atoms with Gasteiger partial charge in [-0.2, -0.15) is 13.2 Å². The average molecular weight is 342 g/mol. The van der Waals surface area contributed by atoms with Gasteiger partial charge in [0.15, 0.2) is 0 Å². The molecule has 22 heavy (non-hydrogen) atoms. The van der Waals surface area contributed by atoms with Crippen molar-refractivity contribution in [3.05, 3.63) is 0 Å². The SMILES string of the molecule is CC(NS(C)(=O)=O)C(=O)NC12CCC(C(F)(F)F)(CC1)CC2. The van der Waals surface area contributed by atoms with E-state index in [1.807, 2.05) is 0 Å². The zero-order chi connectivity index (χ0) is 16.8. The van der Waals surface area contributed by atoms with Crippen LogP contribution in [0.5, 0.6) is 0 Å². The molecule has 9 heteroatoms. The van der Waals surface area contributed by atoms with Gasteiger partial charge in [0.05, 0.1) is 17.7 Å². The lowest BCUT2D eigenvalue weighted by Crippen LogP contribution is -2.61. The second kappa shape index (κ2) is 5.36. The summed E-state index contributed by atoms with van der Waals surface area (Å²) in [5.74, 6) is -0.494. The van der Waals surface area contributed by atoms with Gasteiger partial charge in [-0.3, -0.25) is 4.79 Å². The summed E-state index contributed by atoms with van der Waals surface area (Å²) in [6.45, 7) is 1.42. The Kier molecular flexibility index (Phi) is 4.27. The van der Waals surface area contributed by atoms with Crippen LogP contribution in [-0.2, 0) is 14.8 Å². The Labute approximate surface area is 128 Å². The molecule has 0 heterocycles. The molecule has 0 aromatic carbocycles. The number of amides is 1. The van der Waals surface area contributed by atoms with Gasteiger partial charge in [0.25, 0.3) is 0 Å². The molecule has 3 saturated carbocycles. The summed E-state index contributed by atoms with van der Waals surface area (Å²) in [5.41, 5.74) is -2.23. The lowest BCUT2D eigenvalue weighted by Gasteiger charge is -2.54. The largest absolute Gasteiger partial charge is 0.394 e. The van der Waals surface area contributed by atoms with Gasteiger partial charge in [-0.1, -0.05) is 0 Å². The van der Waals surface area contributed by atoms with Crippen LogP contribution in [0, 0.1) is 5.41 Å². The van der Waals surface area contributed by atoms with Gasteiger partial charge in [0, 0.05) is 5.54 Å². The molecule has 128 valence electrons. The first-order chi connectivity index (χ1) is 9.88. The van der Waals surface area contributed by atoms with E-state index in [-0.39, 0.29) is 38.5 Å². The third kappa shape index (κ3) is 3.40. The second-order valence-electron chi connectivity index (χ2n) is 6.66. The Balaban J connectivity index is 2.00. The van der Waals surface area contributed by atoms with Crippen molar-refractivity contribution in [1.82, 2.24) is 10.0 Å². The van der Waals surface area contributed by atoms with Crippen LogP contribution in [0.1, 0.15) is 45.4 Å². The molecule has 1 amide bonds. The molecule has 0 spiro atoms. The molecule has 0 aliphatic heterocycles. The van der Waals surface area contributed by atoms with Crippen molar-refractivity contribution in [2.24, 2.45) is 5.41 Å². The highest BCUT2D eigenvalue weighted by Crippen LogP contribution is 2.59. The molecule has 0 aromatic heterocycles. The summed E-state index contributed by atoms with van der Waals surface area (Å²) in [7, 11) is -3.51. The molecule has 3 aliphatic carbocycles. The molecule has 1 atom stereocenters. The number of hydrogen-bond acceptors (Lipinski definition) is 3. The van der Waals surface area contributed by atoms with Crippen LogP contribution in [0.15, 0.2) is 0 Å². The van der Waals surface area contributed by atoms with Gasteiger partial charge in [-0.25, -0.2) is 13.1 Å². The molecule has 0 saturated heterocycles. The van der Waals surface area contributed by atoms with E-state index in [2.05, 4.69) is 10.0 Å². The topological polar surface area (TPSA) is 75.3 Å². The quantitative estimate of drug-likeness (QED) is 0.816. The minimum absolute atomic E-state index is 0.0185. The Bertz CT molecular complexity index is 535. The molecule has 3 fully saturated rings. The van der Waals surface area contributed by atoms with Crippen molar-refractivity contribution in [1.29, 1.82) is 0 Å². The lowest BCUT2D eigenvalue weighted by atomic mass is 9.57. The molecule has 3 aliphatic rings. The Morgan fingerprint density at radius 1 is 1.09 bits per heavy atom. The van der Waals surface area contributed by atoms with Gasteiger partial charge in [0.2, 0.25) is 15.9 Å². The highest BCUT2D eigenvalue weighted by molar-refractivity contribution is 7.88. The zero-order valence-electron chi connectivity index (χ0n) is 12.6. The van der Waals surface area contributed by atoms with E-state index in [9.17, 15) is 26.4 Å². The van der Waals surface area contributed by atoms with Crippen LogP contribution in [0.25, 0.3) is 0 Å². The van der Waals surface area contributed by atoms with Crippen molar-refractivity contribution in [3.8, 4) is 0 Å². The van der Waals surface area contributed by atoms with Crippen molar-refractivity contribution < 1.29 is 26.4 Å². The van der Waals surface area contributed by atoms with Crippen LogP contribution in [-0.4, -0.2) is 38.3 Å². The number of sulfonamides is 1. The molecule has 0 radical (unpaired) electrons. The smallest absolute Gasteiger partial charge is 0.349 e. The Morgan fingerprint density at radius 3 is 1.91 bits per heavy atom. The normalized spacial score (nSPS) is 33.5. The summed E-state index contributed by atoms with van der Waals surface area (Å²) >= 11 is 0. The molecule has 1 unspecified atom stereocenters. The maximum Gasteiger partial charge on any atom is 0.394 e. The minimum atomic E-state index is -4.20. The van der Waals surface area contributed by atoms with E-state index in [4.69, 9.17) is 0 Å². The van der Waals surface area contributed by atoms with E-state index in [0.717, 1.165) is 6.26 Å². The van der Waals surface area contributed by atoms with Gasteiger partial charge >= 0.3 is 6.18 Å². The van der Waals surface area contributed by atoms with E-state index in [1.54, 1.807) is 0 Å². The fourth-order valence-corrected chi connectivity index (χ4v) is 4.29. The van der Waals surface area contributed by atoms with Crippen LogP contribution >= 0.6 is 0 Å². The summed E-state index contributed by atoms with van der Waals surface area (Å²) < 4.78 is 63.9. The summed E-state index contributed by atoms with van der Waals surface area (Å²) in [5, 5.41) is 2.78. The number of hydrogen-bond donors (Lipinski definition) is 2. The number of nitrogens with one attached hydrogen (secondary N) is 2. The van der Waals surface area contributed by atoms with Gasteiger partial charge in [-0.15, -0.1) is 0 Å². The van der Waals surface area contributed by atoms with Gasteiger partial charge in [-0.05, 0) is 45.4 Å². The van der Waals surface area contributed by atoms with E-state index >= 15 is 0 Å². The first-order valence-corrected chi connectivity index (χ1v) is 9.13. The van der Waals surface area contributed by atoms with Gasteiger partial charge < -0.3 is 5.32 Å². The number of carbonyl (C=O) groups is 1. The average Bonchev–Trinajstić information content (AvgIpc) is 2.37. The first-order valence-electron chi connectivity index (χ1n) is 7.24. The lowest BCUT2D eigenvalue weighted by molar-refractivity contribution is -0.254. The summed E-state index contributed by atoms with van der Waals surface area (Å²) in [6, 6.07) is -0.944. The monoisotopic (exact) mass is 342 g/mol. The summed E-state index contributed by atoms with van der Waals surface area (Å²) in [4.78, 5) is 12.1. The van der Waals surface area contributed by atoms with E-state index in [1.165, 1.54) is 6.92 Å². The molecule has 2 bridgehead atoms. The van der Waals surface area contributed by atoms with Crippen molar-refractivity contribution in [2.45, 2.75) is 63.2 Å². The Hall–Kier alpha value is -0.830. The third-order valence-electron chi connectivity index (χ3n) is 5.02. The Morgan fingerprint density at radius 2 is 1.55 bits per heavy atom. The van der Waals surface area contributed by atoms with Gasteiger partial charge in [0.1, 0.15) is 0 Å². The zero-order valence-corrected chi connectivity index (χ0v) is 13.4. The maximum atomic E-state index is 13.2. The fraction of sp³-hybridized carbons (Fsp3) is 0.923. The van der Waals surface area contributed by atoms with Crippen LogP contribution < -0.4 is 10.0 Å². The fourth-order valence-electron chi connectivity index (χ4n) is 3.54. The van der Waals surface area contributed by atoms with Crippen molar-refractivity contribution in [3.63, 3.8) is 0 Å². The number of fused-ring (bicyclic) bond motifs is 3. The van der Waals surface area contributed by atoms with E-state index < -0.39 is 39.1 Å². The molecular weight excluding hydrogens is 321 g/mol. The number of alkyl halides is 3. The molecule has 5 nitrogen and oxygen atoms in total. The molecule has 0 aromatic rings. The van der Waals surface area contributed by atoms with Crippen LogP contribution in [0.2, 0.25) is 0 Å². The summed E-state index contributed by atoms with van der Waals surface area (Å²) in [6.07, 6.45) is -2.35. The minimum Gasteiger partial charge on any atom is -0.349 e. The van der Waals surface area contributed by atoms with E-state index in [0.29, 0.717) is 0 Å². The molecular formula is C13H21F3N2O3S. The maximum absolute atomic E-state index is 13.2. The molecule has 2 N–H and O–H groups in total. The number of halogens is 3. The highest BCUT2D eigenvalue weighted by atomic mass is 32.2. The molecule has 3 rings (SSSR count). The number of carbonyl (C=O) groups excluding carboxylic acids is 1. The highest BCUT2D eigenvalue weighted by Gasteiger charge is 2.61.